The molecule has 0 bridgehead atoms. The molecule has 6 aliphatic heterocycles. The van der Waals surface area contributed by atoms with Crippen molar-refractivity contribution in [1.29, 1.82) is 5.26 Å². The first kappa shape index (κ1) is 37.6. The summed E-state index contributed by atoms with van der Waals surface area (Å²) in [5.74, 6) is -1.01. The van der Waals surface area contributed by atoms with E-state index >= 15 is 4.39 Å². The zero-order chi connectivity index (χ0) is 39.6. The Balaban J connectivity index is 0.739. The molecule has 0 aromatic heterocycles. The number of imide groups is 2. The van der Waals surface area contributed by atoms with Crippen molar-refractivity contribution in [1.82, 2.24) is 15.1 Å². The van der Waals surface area contributed by atoms with E-state index in [2.05, 4.69) is 44.0 Å². The molecular formula is C44H47ClFN7O4. The number of hydrogen-bond donors (Lipinski definition) is 1. The number of benzene rings is 3. The summed E-state index contributed by atoms with van der Waals surface area (Å²) in [5, 5.41) is 12.0. The topological polar surface area (TPSA) is 120 Å². The number of likely N-dealkylation sites (tertiary alicyclic amines) is 1. The molecule has 296 valence electrons. The van der Waals surface area contributed by atoms with E-state index in [1.165, 1.54) is 0 Å². The highest BCUT2D eigenvalue weighted by Crippen LogP contribution is 2.46. The standard InChI is InChI=1S/C44H47ClFN7O4/c1-27-21-44(26-52(27)34-5-2-29(22-47)37(45)19-34)12-16-50(17-13-44)33-4-3-30(38(46)20-33)23-49-14-10-28(11-15-49)31-24-51(25-31)32-6-7-35-36(18-32)43(57)53(42(35)56)39-8-9-40(54)48-41(39)55/h2-7,18-20,27-28,31,39H,8-17,21,23-26H2,1H3,(H,48,54,55)/t27-,39?/m0/s1. The highest BCUT2D eigenvalue weighted by Gasteiger charge is 2.46. The predicted molar refractivity (Wildman–Crippen MR) is 215 cm³/mol. The van der Waals surface area contributed by atoms with Gasteiger partial charge in [-0.2, -0.15) is 5.26 Å². The maximum atomic E-state index is 15.6. The minimum absolute atomic E-state index is 0.0916. The zero-order valence-electron chi connectivity index (χ0n) is 32.2. The van der Waals surface area contributed by atoms with E-state index in [-0.39, 0.29) is 24.1 Å². The van der Waals surface area contributed by atoms with E-state index in [9.17, 15) is 24.4 Å². The van der Waals surface area contributed by atoms with Gasteiger partial charge in [0.2, 0.25) is 11.8 Å². The van der Waals surface area contributed by atoms with Gasteiger partial charge < -0.3 is 14.7 Å². The fourth-order valence-electron chi connectivity index (χ4n) is 10.4. The third-order valence-corrected chi connectivity index (χ3v) is 14.1. The Morgan fingerprint density at radius 2 is 1.54 bits per heavy atom. The molecule has 0 saturated carbocycles. The quantitative estimate of drug-likeness (QED) is 0.288. The lowest BCUT2D eigenvalue weighted by molar-refractivity contribution is -0.136. The Morgan fingerprint density at radius 1 is 0.842 bits per heavy atom. The SMILES string of the molecule is C[C@H]1CC2(CCN(c3ccc(CN4CCC(C5CN(c6ccc7c(c6)C(=O)N(C6CCC(=O)NC6=O)C7=O)C5)CC4)c(F)c3)CC2)CN1c1ccc(C#N)c(Cl)c1. The molecule has 6 heterocycles. The van der Waals surface area contributed by atoms with Crippen molar-refractivity contribution < 1.29 is 23.6 Å². The number of halogens is 2. The van der Waals surface area contributed by atoms with Crippen LogP contribution in [0.15, 0.2) is 54.6 Å². The molecule has 9 rings (SSSR count). The van der Waals surface area contributed by atoms with E-state index < -0.39 is 29.7 Å². The van der Waals surface area contributed by atoms with Gasteiger partial charge in [-0.1, -0.05) is 17.7 Å². The van der Waals surface area contributed by atoms with Crippen molar-refractivity contribution in [2.75, 3.05) is 60.5 Å². The van der Waals surface area contributed by atoms with E-state index in [4.69, 9.17) is 11.6 Å². The fourth-order valence-corrected chi connectivity index (χ4v) is 10.6. The van der Waals surface area contributed by atoms with Gasteiger partial charge in [0.1, 0.15) is 17.9 Å². The molecule has 4 amide bonds. The fraction of sp³-hybridized carbons (Fsp3) is 0.477. The normalized spacial score (nSPS) is 24.2. The first-order valence-electron chi connectivity index (χ1n) is 20.3. The molecule has 11 nitrogen and oxygen atoms in total. The number of nitrogens with one attached hydrogen (secondary N) is 1. The van der Waals surface area contributed by atoms with Crippen LogP contribution in [0.3, 0.4) is 0 Å². The summed E-state index contributed by atoms with van der Waals surface area (Å²) >= 11 is 6.37. The van der Waals surface area contributed by atoms with Crippen molar-refractivity contribution in [3.63, 3.8) is 0 Å². The van der Waals surface area contributed by atoms with Crippen LogP contribution in [0.2, 0.25) is 5.02 Å². The number of rotatable bonds is 7. The first-order valence-corrected chi connectivity index (χ1v) is 20.7. The van der Waals surface area contributed by atoms with Crippen LogP contribution in [0.5, 0.6) is 0 Å². The van der Waals surface area contributed by atoms with Gasteiger partial charge in [-0.3, -0.25) is 34.3 Å². The van der Waals surface area contributed by atoms with E-state index in [0.29, 0.717) is 46.1 Å². The Bertz CT molecular complexity index is 2190. The maximum Gasteiger partial charge on any atom is 0.262 e. The van der Waals surface area contributed by atoms with Crippen molar-refractivity contribution in [2.45, 2.75) is 70.5 Å². The van der Waals surface area contributed by atoms with Gasteiger partial charge in [0.15, 0.2) is 0 Å². The van der Waals surface area contributed by atoms with Crippen LogP contribution >= 0.6 is 11.6 Å². The number of fused-ring (bicyclic) bond motifs is 1. The Labute approximate surface area is 337 Å². The predicted octanol–water partition coefficient (Wildman–Crippen LogP) is 5.99. The average Bonchev–Trinajstić information content (AvgIpc) is 3.63. The lowest BCUT2D eigenvalue weighted by atomic mass is 9.76. The highest BCUT2D eigenvalue weighted by molar-refractivity contribution is 6.32. The van der Waals surface area contributed by atoms with Gasteiger partial charge in [-0.15, -0.1) is 0 Å². The van der Waals surface area contributed by atoms with Crippen LogP contribution in [0.25, 0.3) is 0 Å². The second-order valence-electron chi connectivity index (χ2n) is 17.2. The second kappa shape index (κ2) is 14.7. The number of amides is 4. The van der Waals surface area contributed by atoms with E-state index in [0.717, 1.165) is 105 Å². The molecule has 1 N–H and O–H groups in total. The van der Waals surface area contributed by atoms with Gasteiger partial charge in [-0.25, -0.2) is 4.39 Å². The molecule has 3 aromatic rings. The highest BCUT2D eigenvalue weighted by atomic mass is 35.5. The van der Waals surface area contributed by atoms with Gasteiger partial charge in [0, 0.05) is 74.4 Å². The van der Waals surface area contributed by atoms with Crippen molar-refractivity contribution in [3.8, 4) is 6.07 Å². The molecule has 0 radical (unpaired) electrons. The molecule has 6 aliphatic rings. The smallest absolute Gasteiger partial charge is 0.262 e. The summed E-state index contributed by atoms with van der Waals surface area (Å²) < 4.78 is 15.6. The summed E-state index contributed by atoms with van der Waals surface area (Å²) in [7, 11) is 0. The average molecular weight is 792 g/mol. The molecule has 2 atom stereocenters. The lowest BCUT2D eigenvalue weighted by Crippen LogP contribution is -2.54. The summed E-state index contributed by atoms with van der Waals surface area (Å²) in [6, 6.07) is 18.4. The second-order valence-corrected chi connectivity index (χ2v) is 17.6. The molecule has 1 unspecified atom stereocenters. The van der Waals surface area contributed by atoms with Crippen molar-refractivity contribution in [2.24, 2.45) is 17.3 Å². The number of piperidine rings is 3. The number of carbonyl (C=O) groups excluding carboxylic acids is 4. The van der Waals surface area contributed by atoms with E-state index in [1.54, 1.807) is 24.3 Å². The summed E-state index contributed by atoms with van der Waals surface area (Å²) in [6.07, 6.45) is 5.55. The molecule has 57 heavy (non-hydrogen) atoms. The Morgan fingerprint density at radius 3 is 2.25 bits per heavy atom. The van der Waals surface area contributed by atoms with Gasteiger partial charge >= 0.3 is 0 Å². The molecule has 0 aliphatic carbocycles. The maximum absolute atomic E-state index is 15.6. The number of nitriles is 1. The lowest BCUT2D eigenvalue weighted by Gasteiger charge is -2.47. The number of anilines is 3. The third kappa shape index (κ3) is 6.93. The molecule has 3 aromatic carbocycles. The molecule has 1 spiro atoms. The van der Waals surface area contributed by atoms with Crippen LogP contribution in [0.1, 0.15) is 83.7 Å². The number of nitrogens with zero attached hydrogens (tertiary/aromatic N) is 6. The summed E-state index contributed by atoms with van der Waals surface area (Å²) in [5.41, 5.74) is 4.96. The van der Waals surface area contributed by atoms with Crippen LogP contribution in [-0.2, 0) is 16.1 Å². The van der Waals surface area contributed by atoms with Crippen LogP contribution in [-0.4, -0.2) is 91.3 Å². The number of hydrogen-bond acceptors (Lipinski definition) is 9. The summed E-state index contributed by atoms with van der Waals surface area (Å²) in [6.45, 7) is 9.21. The summed E-state index contributed by atoms with van der Waals surface area (Å²) in [4.78, 5) is 60.8. The Kier molecular flexibility index (Phi) is 9.72. The monoisotopic (exact) mass is 791 g/mol. The van der Waals surface area contributed by atoms with Crippen LogP contribution < -0.4 is 20.0 Å². The minimum Gasteiger partial charge on any atom is -0.371 e. The van der Waals surface area contributed by atoms with Crippen LogP contribution in [0, 0.1) is 34.4 Å². The third-order valence-electron chi connectivity index (χ3n) is 13.8. The molecule has 5 fully saturated rings. The van der Waals surface area contributed by atoms with Crippen LogP contribution in [0.4, 0.5) is 21.5 Å². The number of carbonyl (C=O) groups is 4. The first-order chi connectivity index (χ1) is 27.5. The van der Waals surface area contributed by atoms with Crippen molar-refractivity contribution >= 4 is 52.3 Å². The molecule has 5 saturated heterocycles. The van der Waals surface area contributed by atoms with E-state index in [1.807, 2.05) is 24.3 Å². The largest absolute Gasteiger partial charge is 0.371 e. The van der Waals surface area contributed by atoms with Gasteiger partial charge in [0.25, 0.3) is 11.8 Å². The van der Waals surface area contributed by atoms with Crippen molar-refractivity contribution in [3.05, 3.63) is 87.7 Å². The molecular weight excluding hydrogens is 745 g/mol. The van der Waals surface area contributed by atoms with Gasteiger partial charge in [-0.05, 0) is 124 Å². The Hall–Kier alpha value is -4.99. The molecule has 13 heteroatoms. The zero-order valence-corrected chi connectivity index (χ0v) is 32.9. The minimum atomic E-state index is -0.972. The van der Waals surface area contributed by atoms with Gasteiger partial charge in [0.05, 0.1) is 21.7 Å².